The number of benzene rings is 1. The third-order valence-corrected chi connectivity index (χ3v) is 6.46. The molecule has 1 saturated heterocycles. The number of aryl methyl sites for hydroxylation is 1. The normalized spacial score (nSPS) is 21.2. The van der Waals surface area contributed by atoms with Gasteiger partial charge in [0.15, 0.2) is 5.43 Å². The second-order valence-electron chi connectivity index (χ2n) is 8.07. The van der Waals surface area contributed by atoms with Gasteiger partial charge in [0.1, 0.15) is 11.7 Å². The average Bonchev–Trinajstić information content (AvgIpc) is 3.44. The number of pyridine rings is 1. The highest BCUT2D eigenvalue weighted by Gasteiger charge is 2.43. The number of hydrogen-bond donors (Lipinski definition) is 1. The van der Waals surface area contributed by atoms with Crippen LogP contribution in [0.1, 0.15) is 39.6 Å². The summed E-state index contributed by atoms with van der Waals surface area (Å²) in [6, 6.07) is 9.70. The average molecular weight is 401 g/mol. The van der Waals surface area contributed by atoms with E-state index in [0.717, 1.165) is 40.1 Å². The first-order valence-corrected chi connectivity index (χ1v) is 9.99. The molecule has 7 nitrogen and oxygen atoms in total. The van der Waals surface area contributed by atoms with Crippen molar-refractivity contribution < 1.29 is 14.6 Å². The van der Waals surface area contributed by atoms with Crippen molar-refractivity contribution in [1.82, 2.24) is 14.3 Å². The molecule has 150 valence electrons. The van der Waals surface area contributed by atoms with Crippen molar-refractivity contribution in [2.75, 3.05) is 6.61 Å². The Balaban J connectivity index is 1.58. The lowest BCUT2D eigenvalue weighted by molar-refractivity contribution is 0.0693. The van der Waals surface area contributed by atoms with Gasteiger partial charge in [-0.25, -0.2) is 4.79 Å². The van der Waals surface area contributed by atoms with Gasteiger partial charge in [0.05, 0.1) is 11.7 Å². The Morgan fingerprint density at radius 2 is 2.10 bits per heavy atom. The van der Waals surface area contributed by atoms with Gasteiger partial charge in [0.2, 0.25) is 0 Å². The molecule has 2 atom stereocenters. The minimum Gasteiger partial charge on any atom is -0.477 e. The minimum atomic E-state index is -1.20. The quantitative estimate of drug-likeness (QED) is 0.714. The highest BCUT2D eigenvalue weighted by atomic mass is 16.5. The molecule has 1 aliphatic carbocycles. The first-order chi connectivity index (χ1) is 14.5. The molecule has 3 aromatic rings. The van der Waals surface area contributed by atoms with Crippen molar-refractivity contribution in [3.05, 3.63) is 75.3 Å². The number of rotatable bonds is 2. The van der Waals surface area contributed by atoms with Gasteiger partial charge < -0.3 is 14.4 Å². The summed E-state index contributed by atoms with van der Waals surface area (Å²) in [5.74, 6) is -1.20. The zero-order valence-corrected chi connectivity index (χ0v) is 16.3. The van der Waals surface area contributed by atoms with Crippen LogP contribution in [0.15, 0.2) is 47.5 Å². The first-order valence-electron chi connectivity index (χ1n) is 9.99. The lowest BCUT2D eigenvalue weighted by Crippen LogP contribution is -2.31. The summed E-state index contributed by atoms with van der Waals surface area (Å²) in [4.78, 5) is 24.1. The predicted molar refractivity (Wildman–Crippen MR) is 110 cm³/mol. The highest BCUT2D eigenvalue weighted by molar-refractivity contribution is 6.01. The summed E-state index contributed by atoms with van der Waals surface area (Å²) in [5.41, 5.74) is 6.64. The van der Waals surface area contributed by atoms with Gasteiger partial charge in [-0.15, -0.1) is 0 Å². The van der Waals surface area contributed by atoms with Crippen LogP contribution < -0.4 is 5.43 Å². The third kappa shape index (κ3) is 2.26. The number of aromatic nitrogens is 3. The van der Waals surface area contributed by atoms with Crippen LogP contribution in [0, 0.1) is 0 Å². The van der Waals surface area contributed by atoms with Crippen LogP contribution in [-0.4, -0.2) is 38.1 Å². The van der Waals surface area contributed by atoms with E-state index in [1.54, 1.807) is 4.68 Å². The largest absolute Gasteiger partial charge is 0.477 e. The standard InChI is InChI=1S/C23H19N3O4/c1-25-7-5-17(24-25)12-3-2-4-13-14(12)9-15-19-10-20(27)16(23(28)29)11-26(19)18-6-8-30-22(18)21(13)15/h2-5,7,10-11,18,22H,6,8-9H2,1H3,(H,28,29)/t18-,22+/m1/s1. The molecule has 2 aromatic heterocycles. The van der Waals surface area contributed by atoms with E-state index in [2.05, 4.69) is 17.2 Å². The molecular formula is C23H19N3O4. The van der Waals surface area contributed by atoms with Crippen molar-refractivity contribution in [2.24, 2.45) is 7.05 Å². The monoisotopic (exact) mass is 401 g/mol. The van der Waals surface area contributed by atoms with E-state index in [4.69, 9.17) is 4.74 Å². The van der Waals surface area contributed by atoms with Crippen LogP contribution in [0.25, 0.3) is 22.4 Å². The number of ether oxygens (including phenoxy) is 1. The van der Waals surface area contributed by atoms with E-state index in [-0.39, 0.29) is 17.7 Å². The molecule has 1 N–H and O–H groups in total. The number of hydrogen-bond acceptors (Lipinski definition) is 4. The van der Waals surface area contributed by atoms with E-state index in [1.165, 1.54) is 17.8 Å². The van der Waals surface area contributed by atoms with E-state index in [1.807, 2.05) is 29.9 Å². The smallest absolute Gasteiger partial charge is 0.341 e. The Morgan fingerprint density at radius 1 is 1.27 bits per heavy atom. The summed E-state index contributed by atoms with van der Waals surface area (Å²) < 4.78 is 9.88. The van der Waals surface area contributed by atoms with Crippen molar-refractivity contribution in [1.29, 1.82) is 0 Å². The van der Waals surface area contributed by atoms with Crippen LogP contribution in [-0.2, 0) is 18.2 Å². The molecule has 2 aliphatic heterocycles. The summed E-state index contributed by atoms with van der Waals surface area (Å²) in [6.07, 6.45) is 4.73. The molecular weight excluding hydrogens is 382 g/mol. The third-order valence-electron chi connectivity index (χ3n) is 6.46. The van der Waals surface area contributed by atoms with Crippen molar-refractivity contribution >= 4 is 17.1 Å². The Bertz CT molecular complexity index is 1330. The van der Waals surface area contributed by atoms with Gasteiger partial charge in [-0.2, -0.15) is 5.10 Å². The van der Waals surface area contributed by atoms with Crippen LogP contribution >= 0.6 is 0 Å². The van der Waals surface area contributed by atoms with Crippen LogP contribution in [0.3, 0.4) is 0 Å². The number of carbonyl (C=O) groups is 1. The number of aromatic carboxylic acids is 1. The molecule has 0 saturated carbocycles. The van der Waals surface area contributed by atoms with E-state index in [0.29, 0.717) is 13.0 Å². The van der Waals surface area contributed by atoms with E-state index < -0.39 is 11.4 Å². The maximum Gasteiger partial charge on any atom is 0.341 e. The predicted octanol–water partition coefficient (Wildman–Crippen LogP) is 2.76. The first kappa shape index (κ1) is 17.4. The van der Waals surface area contributed by atoms with Crippen molar-refractivity contribution in [2.45, 2.75) is 25.0 Å². The molecule has 0 radical (unpaired) electrons. The fourth-order valence-electron chi connectivity index (χ4n) is 5.18. The second kappa shape index (κ2) is 6.03. The molecule has 30 heavy (non-hydrogen) atoms. The second-order valence-corrected chi connectivity index (χ2v) is 8.07. The SMILES string of the molecule is Cn1ccc(-c2cccc3c2CC2=C3[C@H]3OCC[C@H]3n3cc(C(=O)O)c(=O)cc32)n1. The summed E-state index contributed by atoms with van der Waals surface area (Å²) >= 11 is 0. The summed E-state index contributed by atoms with van der Waals surface area (Å²) in [6.45, 7) is 0.606. The van der Waals surface area contributed by atoms with Gasteiger partial charge in [-0.3, -0.25) is 9.48 Å². The van der Waals surface area contributed by atoms with Crippen LogP contribution in [0.4, 0.5) is 0 Å². The maximum absolute atomic E-state index is 12.5. The molecule has 1 fully saturated rings. The highest BCUT2D eigenvalue weighted by Crippen LogP contribution is 2.51. The number of carboxylic acid groups (broad SMARTS) is 1. The number of allylic oxidation sites excluding steroid dienone is 1. The molecule has 7 heteroatoms. The van der Waals surface area contributed by atoms with Crippen molar-refractivity contribution in [3.63, 3.8) is 0 Å². The summed E-state index contributed by atoms with van der Waals surface area (Å²) in [5, 5.41) is 14.0. The molecule has 1 aromatic carbocycles. The fraction of sp³-hybridized carbons (Fsp3) is 0.261. The molecule has 0 bridgehead atoms. The zero-order chi connectivity index (χ0) is 20.6. The Kier molecular flexibility index (Phi) is 3.50. The van der Waals surface area contributed by atoms with Gasteiger partial charge >= 0.3 is 5.97 Å². The van der Waals surface area contributed by atoms with Gasteiger partial charge in [-0.1, -0.05) is 18.2 Å². The Labute approximate surface area is 171 Å². The van der Waals surface area contributed by atoms with Crippen molar-refractivity contribution in [3.8, 4) is 11.3 Å². The Morgan fingerprint density at radius 3 is 2.87 bits per heavy atom. The van der Waals surface area contributed by atoms with E-state index in [9.17, 15) is 14.7 Å². The minimum absolute atomic E-state index is 0.0121. The lowest BCUT2D eigenvalue weighted by atomic mass is 9.89. The number of fused-ring (bicyclic) bond motifs is 7. The maximum atomic E-state index is 12.5. The molecule has 4 heterocycles. The molecule has 6 rings (SSSR count). The Hall–Kier alpha value is -3.45. The van der Waals surface area contributed by atoms with Gasteiger partial charge in [0.25, 0.3) is 0 Å². The fourth-order valence-corrected chi connectivity index (χ4v) is 5.18. The number of carboxylic acids is 1. The van der Waals surface area contributed by atoms with Crippen LogP contribution in [0.2, 0.25) is 0 Å². The van der Waals surface area contributed by atoms with Crippen LogP contribution in [0.5, 0.6) is 0 Å². The summed E-state index contributed by atoms with van der Waals surface area (Å²) in [7, 11) is 1.90. The molecule has 0 spiro atoms. The topological polar surface area (TPSA) is 86.4 Å². The molecule has 3 aliphatic rings. The number of nitrogens with zero attached hydrogens (tertiary/aromatic N) is 3. The van der Waals surface area contributed by atoms with E-state index >= 15 is 0 Å². The van der Waals surface area contributed by atoms with Gasteiger partial charge in [-0.05, 0) is 34.8 Å². The van der Waals surface area contributed by atoms with Gasteiger partial charge in [0, 0.05) is 49.8 Å². The molecule has 0 amide bonds. The lowest BCUT2D eigenvalue weighted by Gasteiger charge is -2.32. The molecule has 0 unspecified atom stereocenters. The zero-order valence-electron chi connectivity index (χ0n) is 16.3.